The molecule has 1 saturated heterocycles. The van der Waals surface area contributed by atoms with Crippen LogP contribution in [0.3, 0.4) is 0 Å². The first-order valence-electron chi connectivity index (χ1n) is 13.6. The summed E-state index contributed by atoms with van der Waals surface area (Å²) in [6.07, 6.45) is 9.17. The normalized spacial score (nSPS) is 18.6. The Morgan fingerprint density at radius 2 is 2.02 bits per heavy atom. The molecule has 11 heteroatoms. The molecule has 0 spiro atoms. The second-order valence-corrected chi connectivity index (χ2v) is 10.6. The van der Waals surface area contributed by atoms with Crippen molar-refractivity contribution in [3.8, 4) is 11.5 Å². The summed E-state index contributed by atoms with van der Waals surface area (Å²) in [6.45, 7) is 5.94. The molecule has 5 aromatic rings. The van der Waals surface area contributed by atoms with Crippen molar-refractivity contribution < 1.29 is 13.9 Å². The zero-order chi connectivity index (χ0) is 28.1. The molecule has 2 aliphatic rings. The van der Waals surface area contributed by atoms with Crippen LogP contribution in [0, 0.1) is 18.7 Å². The van der Waals surface area contributed by atoms with Crippen LogP contribution >= 0.6 is 0 Å². The van der Waals surface area contributed by atoms with Crippen LogP contribution in [-0.2, 0) is 4.79 Å². The first kappa shape index (κ1) is 25.1. The van der Waals surface area contributed by atoms with Crippen LogP contribution in [0.25, 0.3) is 16.7 Å². The lowest BCUT2D eigenvalue weighted by Gasteiger charge is -2.22. The number of likely N-dealkylation sites (tertiary alicyclic amines) is 1. The van der Waals surface area contributed by atoms with Crippen LogP contribution < -0.4 is 10.1 Å². The number of amides is 1. The van der Waals surface area contributed by atoms with Gasteiger partial charge in [0.25, 0.3) is 0 Å². The molecule has 1 aromatic carbocycles. The summed E-state index contributed by atoms with van der Waals surface area (Å²) in [5, 5.41) is 7.19. The maximum atomic E-state index is 15.6. The van der Waals surface area contributed by atoms with Gasteiger partial charge in [-0.2, -0.15) is 5.10 Å². The Morgan fingerprint density at radius 1 is 1.15 bits per heavy atom. The van der Waals surface area contributed by atoms with E-state index in [-0.39, 0.29) is 23.6 Å². The van der Waals surface area contributed by atoms with Crippen LogP contribution in [0.2, 0.25) is 0 Å². The van der Waals surface area contributed by atoms with Crippen molar-refractivity contribution >= 4 is 34.1 Å². The average Bonchev–Trinajstić information content (AvgIpc) is 3.56. The molecular weight excluding hydrogens is 523 g/mol. The van der Waals surface area contributed by atoms with E-state index in [2.05, 4.69) is 31.9 Å². The largest absolute Gasteiger partial charge is 0.457 e. The van der Waals surface area contributed by atoms with Gasteiger partial charge in [-0.25, -0.2) is 28.8 Å². The lowest BCUT2D eigenvalue weighted by atomic mass is 9.99. The molecule has 4 aromatic heterocycles. The summed E-state index contributed by atoms with van der Waals surface area (Å²) in [4.78, 5) is 32.3. The molecule has 2 atom stereocenters. The molecule has 206 valence electrons. The molecule has 1 aliphatic carbocycles. The van der Waals surface area contributed by atoms with Gasteiger partial charge in [-0.3, -0.25) is 4.79 Å². The molecule has 1 amide bonds. The number of nitrogens with zero attached hydrogens (tertiary/aromatic N) is 7. The first-order chi connectivity index (χ1) is 20.0. The van der Waals surface area contributed by atoms with Gasteiger partial charge in [0.15, 0.2) is 17.3 Å². The van der Waals surface area contributed by atoms with Crippen LogP contribution in [0.4, 0.5) is 15.9 Å². The lowest BCUT2D eigenvalue weighted by Crippen LogP contribution is -2.35. The number of hydrogen-bond donors (Lipinski definition) is 1. The molecule has 0 radical (unpaired) electrons. The third kappa shape index (κ3) is 4.62. The molecule has 7 rings (SSSR count). The van der Waals surface area contributed by atoms with Crippen molar-refractivity contribution in [2.24, 2.45) is 5.92 Å². The van der Waals surface area contributed by atoms with Gasteiger partial charge in [-0.1, -0.05) is 6.58 Å². The summed E-state index contributed by atoms with van der Waals surface area (Å²) in [5.41, 5.74) is 3.26. The van der Waals surface area contributed by atoms with Crippen molar-refractivity contribution in [2.75, 3.05) is 11.9 Å². The van der Waals surface area contributed by atoms with Crippen molar-refractivity contribution in [1.29, 1.82) is 0 Å². The maximum absolute atomic E-state index is 15.6. The van der Waals surface area contributed by atoms with E-state index in [1.54, 1.807) is 41.9 Å². The van der Waals surface area contributed by atoms with Gasteiger partial charge in [0, 0.05) is 42.0 Å². The molecule has 0 bridgehead atoms. The van der Waals surface area contributed by atoms with Crippen molar-refractivity contribution in [1.82, 2.24) is 34.4 Å². The second-order valence-electron chi connectivity index (χ2n) is 10.6. The summed E-state index contributed by atoms with van der Waals surface area (Å²) < 4.78 is 23.2. The fourth-order valence-corrected chi connectivity index (χ4v) is 5.64. The molecule has 5 heterocycles. The minimum Gasteiger partial charge on any atom is -0.457 e. The van der Waals surface area contributed by atoms with Gasteiger partial charge in [0.2, 0.25) is 5.91 Å². The van der Waals surface area contributed by atoms with E-state index in [0.29, 0.717) is 52.0 Å². The quantitative estimate of drug-likeness (QED) is 0.271. The Bertz CT molecular complexity index is 1820. The maximum Gasteiger partial charge on any atom is 0.246 e. The highest BCUT2D eigenvalue weighted by molar-refractivity contribution is 5.88. The number of rotatable bonds is 7. The van der Waals surface area contributed by atoms with Crippen molar-refractivity contribution in [3.63, 3.8) is 0 Å². The number of aromatic nitrogens is 6. The number of pyridine rings is 2. The third-order valence-electron chi connectivity index (χ3n) is 7.96. The zero-order valence-electron chi connectivity index (χ0n) is 22.4. The van der Waals surface area contributed by atoms with Crippen LogP contribution in [0.15, 0.2) is 67.9 Å². The number of hydrogen-bond acceptors (Lipinski definition) is 8. The van der Waals surface area contributed by atoms with E-state index in [1.807, 2.05) is 17.0 Å². The number of fused-ring (bicyclic) bond motifs is 2. The van der Waals surface area contributed by atoms with E-state index in [0.717, 1.165) is 25.0 Å². The zero-order valence-corrected chi connectivity index (χ0v) is 22.4. The Kier molecular flexibility index (Phi) is 6.06. The highest BCUT2D eigenvalue weighted by atomic mass is 19.1. The number of halogens is 1. The highest BCUT2D eigenvalue weighted by Gasteiger charge is 2.44. The fraction of sp³-hybridized carbons (Fsp3) is 0.267. The number of nitrogens with one attached hydrogen (secondary N) is 1. The summed E-state index contributed by atoms with van der Waals surface area (Å²) >= 11 is 0. The standard InChI is InChI=1S/C30H27FN8O2/c1-3-27(40)38-14-19(12-24(38)18-4-5-18)21-6-7-23-29(36-21)30(34-15-32-23)37-22-8-9-25(17(2)28(22)31)41-20-10-11-39-26(13-20)33-16-35-39/h3,6-11,13,15-16,18-19,24H,1,4-5,12,14H2,2H3,(H,32,34,37)/t19-,24-/m1/s1. The Labute approximate surface area is 234 Å². The molecular formula is C30H27FN8O2. The summed E-state index contributed by atoms with van der Waals surface area (Å²) in [7, 11) is 0. The Morgan fingerprint density at radius 3 is 2.85 bits per heavy atom. The topological polar surface area (TPSA) is 110 Å². The molecule has 1 saturated carbocycles. The number of carbonyl (C=O) groups excluding carboxylic acids is 1. The molecule has 10 nitrogen and oxygen atoms in total. The van der Waals surface area contributed by atoms with Gasteiger partial charge in [-0.05, 0) is 68.5 Å². The molecule has 0 unspecified atom stereocenters. The predicted molar refractivity (Wildman–Crippen MR) is 151 cm³/mol. The second kappa shape index (κ2) is 9.92. The monoisotopic (exact) mass is 550 g/mol. The van der Waals surface area contributed by atoms with E-state index in [1.165, 1.54) is 18.7 Å². The number of ether oxygens (including phenoxy) is 1. The predicted octanol–water partition coefficient (Wildman–Crippen LogP) is 5.33. The Hall–Kier alpha value is -4.93. The van der Waals surface area contributed by atoms with Crippen molar-refractivity contribution in [2.45, 2.75) is 38.1 Å². The Balaban J connectivity index is 1.16. The minimum atomic E-state index is -0.462. The minimum absolute atomic E-state index is 0.0340. The van der Waals surface area contributed by atoms with E-state index >= 15 is 4.39 Å². The molecule has 1 aliphatic heterocycles. The van der Waals surface area contributed by atoms with Gasteiger partial charge in [-0.15, -0.1) is 0 Å². The summed E-state index contributed by atoms with van der Waals surface area (Å²) in [5.74, 6) is 1.45. The smallest absolute Gasteiger partial charge is 0.246 e. The lowest BCUT2D eigenvalue weighted by molar-refractivity contribution is -0.127. The van der Waals surface area contributed by atoms with E-state index < -0.39 is 5.82 Å². The molecule has 2 fully saturated rings. The molecule has 41 heavy (non-hydrogen) atoms. The van der Waals surface area contributed by atoms with Crippen LogP contribution in [0.1, 0.15) is 36.4 Å². The van der Waals surface area contributed by atoms with Gasteiger partial charge >= 0.3 is 0 Å². The van der Waals surface area contributed by atoms with Gasteiger partial charge in [0.05, 0.1) is 11.2 Å². The van der Waals surface area contributed by atoms with Crippen LogP contribution in [0.5, 0.6) is 11.5 Å². The number of benzene rings is 1. The number of anilines is 2. The SMILES string of the molecule is C=CC(=O)N1C[C@H](c2ccc3ncnc(Nc4ccc(Oc5ccn6ncnc6c5)c(C)c4F)c3n2)C[C@@H]1C1CC1. The van der Waals surface area contributed by atoms with E-state index in [9.17, 15) is 4.79 Å². The fourth-order valence-electron chi connectivity index (χ4n) is 5.64. The molecule has 1 N–H and O–H groups in total. The first-order valence-corrected chi connectivity index (χ1v) is 13.6. The van der Waals surface area contributed by atoms with Crippen LogP contribution in [-0.4, -0.2) is 52.9 Å². The summed E-state index contributed by atoms with van der Waals surface area (Å²) in [6, 6.07) is 10.9. The van der Waals surface area contributed by atoms with Gasteiger partial charge in [0.1, 0.15) is 29.7 Å². The highest BCUT2D eigenvalue weighted by Crippen LogP contribution is 2.44. The van der Waals surface area contributed by atoms with Crippen molar-refractivity contribution in [3.05, 3.63) is 85.0 Å². The van der Waals surface area contributed by atoms with E-state index in [4.69, 9.17) is 9.72 Å². The average molecular weight is 551 g/mol. The van der Waals surface area contributed by atoms with Gasteiger partial charge < -0.3 is 15.0 Å². The third-order valence-corrected chi connectivity index (χ3v) is 7.96. The number of carbonyl (C=O) groups is 1.